The zero-order chi connectivity index (χ0) is 19.0. The summed E-state index contributed by atoms with van der Waals surface area (Å²) >= 11 is 0.874. The molecule has 1 aliphatic rings. The Labute approximate surface area is 175 Å². The zero-order valence-corrected chi connectivity index (χ0v) is 19.4. The Morgan fingerprint density at radius 3 is 2.67 bits per heavy atom. The number of rotatable bonds is 6. The fourth-order valence-electron chi connectivity index (χ4n) is 3.04. The van der Waals surface area contributed by atoms with Crippen molar-refractivity contribution in [3.05, 3.63) is 76.6 Å². The summed E-state index contributed by atoms with van der Waals surface area (Å²) in [5, 5.41) is 7.64. The molecule has 2 aromatic carbocycles. The molecule has 1 aromatic heterocycles. The first-order valence-electron chi connectivity index (χ1n) is 8.59. The van der Waals surface area contributed by atoms with Gasteiger partial charge in [0.1, 0.15) is 0 Å². The molecule has 3 radical (unpaired) electrons. The zero-order valence-electron chi connectivity index (χ0n) is 14.7. The van der Waals surface area contributed by atoms with Gasteiger partial charge in [0.2, 0.25) is 0 Å². The first kappa shape index (κ1) is 18.4. The van der Waals surface area contributed by atoms with Gasteiger partial charge in [0.15, 0.2) is 0 Å². The van der Waals surface area contributed by atoms with Gasteiger partial charge in [-0.15, -0.1) is 0 Å². The molecular weight excluding hydrogens is 554 g/mol. The van der Waals surface area contributed by atoms with Crippen molar-refractivity contribution in [1.82, 2.24) is 10.3 Å². The maximum absolute atomic E-state index is 12.2. The molecule has 2 atom stereocenters. The normalized spacial score (nSPS) is 17.7. The van der Waals surface area contributed by atoms with Crippen LogP contribution >= 0.6 is 0 Å². The number of carbonyl (C=O) groups is 1. The van der Waals surface area contributed by atoms with Gasteiger partial charge in [-0.3, -0.25) is 0 Å². The Hall–Kier alpha value is -1.94. The second-order valence-corrected chi connectivity index (χ2v) is 10.5. The fraction of sp³-hybridized carbons (Fsp3) is 0.150. The third-order valence-electron chi connectivity index (χ3n) is 4.50. The number of hydrogen-bond donors (Lipinski definition) is 3. The number of carbonyl (C=O) groups excluding carboxylic acids is 1. The fourth-order valence-corrected chi connectivity index (χ4v) is 5.87. The van der Waals surface area contributed by atoms with E-state index in [1.807, 2.05) is 30.5 Å². The molecular formula is C20H18N3O2PbS. The SMILES string of the molecule is Cc1ccc(C[CH]([Pb])NC2=C(Nc3c[nH]c4ccccc34)C(=O)S2=O)cc1. The van der Waals surface area contributed by atoms with Crippen molar-refractivity contribution >= 4 is 58.3 Å². The number of benzene rings is 2. The van der Waals surface area contributed by atoms with Crippen molar-refractivity contribution in [3.63, 3.8) is 0 Å². The van der Waals surface area contributed by atoms with E-state index in [-0.39, 0.29) is 8.72 Å². The van der Waals surface area contributed by atoms with E-state index in [9.17, 15) is 9.00 Å². The Morgan fingerprint density at radius 2 is 1.89 bits per heavy atom. The molecule has 3 N–H and O–H groups in total. The van der Waals surface area contributed by atoms with Crippen LogP contribution in [0.5, 0.6) is 0 Å². The van der Waals surface area contributed by atoms with E-state index in [1.165, 1.54) is 11.1 Å². The molecule has 0 aliphatic carbocycles. The summed E-state index contributed by atoms with van der Waals surface area (Å²) in [6.45, 7) is 2.07. The molecule has 0 saturated heterocycles. The van der Waals surface area contributed by atoms with Crippen molar-refractivity contribution in [2.45, 2.75) is 16.9 Å². The van der Waals surface area contributed by atoms with E-state index in [1.54, 1.807) is 0 Å². The van der Waals surface area contributed by atoms with E-state index in [0.29, 0.717) is 10.7 Å². The Kier molecular flexibility index (Phi) is 5.18. The second-order valence-electron chi connectivity index (χ2n) is 6.52. The van der Waals surface area contributed by atoms with Crippen LogP contribution in [0.4, 0.5) is 5.69 Å². The number of anilines is 1. The summed E-state index contributed by atoms with van der Waals surface area (Å²) in [5.41, 5.74) is 4.67. The molecule has 0 spiro atoms. The summed E-state index contributed by atoms with van der Waals surface area (Å²) in [6.07, 6.45) is 2.68. The molecule has 0 amide bonds. The van der Waals surface area contributed by atoms with Gasteiger partial charge in [-0.2, -0.15) is 0 Å². The first-order chi connectivity index (χ1) is 13.0. The van der Waals surface area contributed by atoms with Gasteiger partial charge in [-0.25, -0.2) is 0 Å². The van der Waals surface area contributed by atoms with E-state index < -0.39 is 10.8 Å². The van der Waals surface area contributed by atoms with Crippen LogP contribution in [0, 0.1) is 6.92 Å². The monoisotopic (exact) mass is 572 g/mol. The minimum absolute atomic E-state index is 0.194. The second kappa shape index (κ2) is 7.59. The van der Waals surface area contributed by atoms with E-state index in [0.717, 1.165) is 48.8 Å². The number of aromatic amines is 1. The number of hydrogen-bond acceptors (Lipinski definition) is 4. The minimum atomic E-state index is -1.60. The van der Waals surface area contributed by atoms with Gasteiger partial charge < -0.3 is 0 Å². The van der Waals surface area contributed by atoms with Crippen molar-refractivity contribution < 1.29 is 9.00 Å². The molecule has 2 heterocycles. The van der Waals surface area contributed by atoms with Gasteiger partial charge in [0.05, 0.1) is 0 Å². The molecule has 0 fully saturated rings. The van der Waals surface area contributed by atoms with Crippen LogP contribution in [-0.2, 0) is 22.0 Å². The molecule has 1 aliphatic heterocycles. The van der Waals surface area contributed by atoms with Gasteiger partial charge in [-0.05, 0) is 0 Å². The van der Waals surface area contributed by atoms with Gasteiger partial charge in [0, 0.05) is 0 Å². The van der Waals surface area contributed by atoms with Crippen LogP contribution in [0.15, 0.2) is 65.5 Å². The number of aromatic nitrogens is 1. The predicted molar refractivity (Wildman–Crippen MR) is 110 cm³/mol. The van der Waals surface area contributed by atoms with E-state index in [4.69, 9.17) is 0 Å². The number of fused-ring (bicyclic) bond motifs is 1. The maximum atomic E-state index is 12.2. The Morgan fingerprint density at radius 1 is 1.15 bits per heavy atom. The van der Waals surface area contributed by atoms with Crippen LogP contribution in [0.25, 0.3) is 10.9 Å². The van der Waals surface area contributed by atoms with Crippen LogP contribution in [0.3, 0.4) is 0 Å². The summed E-state index contributed by atoms with van der Waals surface area (Å²) in [6, 6.07) is 16.3. The third kappa shape index (κ3) is 3.73. The summed E-state index contributed by atoms with van der Waals surface area (Å²) in [4.78, 5) is 15.3. The van der Waals surface area contributed by atoms with Gasteiger partial charge >= 0.3 is 176 Å². The van der Waals surface area contributed by atoms with Crippen molar-refractivity contribution in [2.75, 3.05) is 5.32 Å². The molecule has 4 rings (SSSR count). The standard InChI is InChI=1S/C20H18N3O2S.Pb/c1-13-6-8-14(9-7-13)10-11-21-19-18(20(24)26(19)25)23-17-12-22-16-5-3-2-4-15(16)17;/h2-9,11-12,21-23H,10H2,1H3;. The topological polar surface area (TPSA) is 74.0 Å². The van der Waals surface area contributed by atoms with Crippen molar-refractivity contribution in [3.8, 4) is 0 Å². The number of H-pyrrole nitrogens is 1. The van der Waals surface area contributed by atoms with Crippen molar-refractivity contribution in [2.24, 2.45) is 0 Å². The number of para-hydroxylation sites is 1. The molecule has 3 aromatic rings. The molecule has 2 unspecified atom stereocenters. The summed E-state index contributed by atoms with van der Waals surface area (Å²) < 4.78 is 12.4. The third-order valence-corrected chi connectivity index (χ3v) is 7.09. The summed E-state index contributed by atoms with van der Waals surface area (Å²) in [7, 11) is -1.60. The number of nitrogens with one attached hydrogen (secondary N) is 3. The van der Waals surface area contributed by atoms with E-state index >= 15 is 0 Å². The molecule has 0 saturated carbocycles. The molecule has 7 heteroatoms. The Balaban J connectivity index is 1.52. The van der Waals surface area contributed by atoms with Gasteiger partial charge in [-0.1, -0.05) is 0 Å². The average Bonchev–Trinajstić information content (AvgIpc) is 3.09. The average molecular weight is 572 g/mol. The molecule has 27 heavy (non-hydrogen) atoms. The molecule has 135 valence electrons. The van der Waals surface area contributed by atoms with E-state index in [2.05, 4.69) is 46.8 Å². The predicted octanol–water partition coefficient (Wildman–Crippen LogP) is 2.67. The summed E-state index contributed by atoms with van der Waals surface area (Å²) in [5.74, 6) is 0. The quantitative estimate of drug-likeness (QED) is 0.398. The Bertz CT molecular complexity index is 1070. The van der Waals surface area contributed by atoms with Gasteiger partial charge in [0.25, 0.3) is 0 Å². The van der Waals surface area contributed by atoms with Crippen LogP contribution < -0.4 is 10.6 Å². The molecule has 0 bridgehead atoms. The first-order valence-corrected chi connectivity index (χ1v) is 12.0. The number of aryl methyl sites for hydroxylation is 1. The molecule has 5 nitrogen and oxygen atoms in total. The van der Waals surface area contributed by atoms with Crippen LogP contribution in [0.1, 0.15) is 11.1 Å². The van der Waals surface area contributed by atoms with Crippen LogP contribution in [0.2, 0.25) is 0 Å². The van der Waals surface area contributed by atoms with Crippen molar-refractivity contribution in [1.29, 1.82) is 0 Å². The van der Waals surface area contributed by atoms with Crippen LogP contribution in [-0.4, -0.2) is 43.7 Å².